The van der Waals surface area contributed by atoms with Crippen molar-refractivity contribution >= 4 is 11.9 Å². The minimum absolute atomic E-state index is 0.0916. The summed E-state index contributed by atoms with van der Waals surface area (Å²) in [5.41, 5.74) is -0.547. The Morgan fingerprint density at radius 3 is 2.91 bits per heavy atom. The molecule has 1 saturated carbocycles. The first-order valence-corrected chi connectivity index (χ1v) is 8.03. The number of hydrogen-bond donors (Lipinski definition) is 1. The van der Waals surface area contributed by atoms with Gasteiger partial charge in [-0.15, -0.1) is 0 Å². The van der Waals surface area contributed by atoms with Gasteiger partial charge in [0, 0.05) is 18.4 Å². The molecule has 1 amide bonds. The van der Waals surface area contributed by atoms with Crippen LogP contribution in [0.3, 0.4) is 0 Å². The monoisotopic (exact) mass is 305 g/mol. The zero-order chi connectivity index (χ0) is 15.7. The predicted octanol–water partition coefficient (Wildman–Crippen LogP) is 1.96. The molecule has 3 rings (SSSR count). The first-order chi connectivity index (χ1) is 10.5. The quantitative estimate of drug-likeness (QED) is 0.863. The highest BCUT2D eigenvalue weighted by molar-refractivity contribution is 5.87. The molecule has 1 unspecified atom stereocenters. The predicted molar refractivity (Wildman–Crippen MR) is 79.9 cm³/mol. The molecule has 1 aliphatic heterocycles. The highest BCUT2D eigenvalue weighted by atomic mass is 16.6. The Morgan fingerprint density at radius 1 is 1.50 bits per heavy atom. The van der Waals surface area contributed by atoms with Crippen LogP contribution in [-0.2, 0) is 20.9 Å². The lowest BCUT2D eigenvalue weighted by molar-refractivity contribution is -0.150. The number of carbonyl (C=O) groups excluding carboxylic acids is 2. The molecule has 2 fully saturated rings. The second-order valence-corrected chi connectivity index (χ2v) is 6.56. The average molecular weight is 305 g/mol. The molecule has 0 radical (unpaired) electrons. The van der Waals surface area contributed by atoms with Crippen LogP contribution in [-0.4, -0.2) is 27.0 Å². The van der Waals surface area contributed by atoms with Crippen LogP contribution >= 0.6 is 0 Å². The smallest absolute Gasteiger partial charge is 0.307 e. The van der Waals surface area contributed by atoms with Gasteiger partial charge in [0.25, 0.3) is 0 Å². The van der Waals surface area contributed by atoms with Crippen LogP contribution in [0.1, 0.15) is 57.8 Å². The minimum atomic E-state index is -0.547. The highest BCUT2D eigenvalue weighted by Crippen LogP contribution is 2.45. The average Bonchev–Trinajstić information content (AvgIpc) is 3.17. The fourth-order valence-corrected chi connectivity index (χ4v) is 3.69. The van der Waals surface area contributed by atoms with Crippen molar-refractivity contribution in [2.75, 3.05) is 0 Å². The summed E-state index contributed by atoms with van der Waals surface area (Å²) in [6.07, 6.45) is 7.50. The van der Waals surface area contributed by atoms with E-state index < -0.39 is 5.60 Å². The minimum Gasteiger partial charge on any atom is -0.458 e. The number of hydrogen-bond acceptors (Lipinski definition) is 4. The van der Waals surface area contributed by atoms with Crippen molar-refractivity contribution < 1.29 is 14.3 Å². The van der Waals surface area contributed by atoms with Crippen molar-refractivity contribution in [3.63, 3.8) is 0 Å². The standard InChI is InChI=1S/C16H23N3O3/c1-11(2)19-8-7-17-13(19)10-18-15(21)12-9-14(20)22-16(12)5-3-4-6-16/h7-8,11-12H,3-6,9-10H2,1-2H3,(H,18,21). The molecule has 22 heavy (non-hydrogen) atoms. The molecule has 120 valence electrons. The largest absolute Gasteiger partial charge is 0.458 e. The maximum absolute atomic E-state index is 12.5. The van der Waals surface area contributed by atoms with Crippen LogP contribution < -0.4 is 5.32 Å². The third-order valence-electron chi connectivity index (χ3n) is 4.82. The summed E-state index contributed by atoms with van der Waals surface area (Å²) in [6.45, 7) is 4.53. The van der Waals surface area contributed by atoms with Gasteiger partial charge in [-0.25, -0.2) is 4.98 Å². The van der Waals surface area contributed by atoms with Crippen LogP contribution in [0.15, 0.2) is 12.4 Å². The lowest BCUT2D eigenvalue weighted by Crippen LogP contribution is -2.42. The van der Waals surface area contributed by atoms with E-state index >= 15 is 0 Å². The van der Waals surface area contributed by atoms with Crippen LogP contribution in [0.5, 0.6) is 0 Å². The molecule has 1 aliphatic carbocycles. The normalized spacial score (nSPS) is 23.2. The van der Waals surface area contributed by atoms with E-state index in [2.05, 4.69) is 24.1 Å². The van der Waals surface area contributed by atoms with Gasteiger partial charge < -0.3 is 14.6 Å². The molecular weight excluding hydrogens is 282 g/mol. The Bertz CT molecular complexity index is 573. The Labute approximate surface area is 130 Å². The Hall–Kier alpha value is -1.85. The van der Waals surface area contributed by atoms with Gasteiger partial charge in [-0.05, 0) is 39.5 Å². The molecule has 1 saturated heterocycles. The van der Waals surface area contributed by atoms with E-state index in [0.717, 1.165) is 31.5 Å². The van der Waals surface area contributed by atoms with Crippen LogP contribution in [0.25, 0.3) is 0 Å². The summed E-state index contributed by atoms with van der Waals surface area (Å²) in [4.78, 5) is 28.5. The summed E-state index contributed by atoms with van der Waals surface area (Å²) < 4.78 is 7.55. The molecule has 6 nitrogen and oxygen atoms in total. The van der Waals surface area contributed by atoms with Gasteiger partial charge in [0.2, 0.25) is 5.91 Å². The van der Waals surface area contributed by atoms with Gasteiger partial charge in [0.05, 0.1) is 18.9 Å². The molecule has 2 heterocycles. The number of carbonyl (C=O) groups is 2. The molecule has 1 atom stereocenters. The fourth-order valence-electron chi connectivity index (χ4n) is 3.69. The van der Waals surface area contributed by atoms with Crippen LogP contribution in [0.4, 0.5) is 0 Å². The van der Waals surface area contributed by atoms with Gasteiger partial charge in [0.1, 0.15) is 11.4 Å². The topological polar surface area (TPSA) is 73.2 Å². The second kappa shape index (κ2) is 5.74. The van der Waals surface area contributed by atoms with Crippen molar-refractivity contribution in [1.82, 2.24) is 14.9 Å². The van der Waals surface area contributed by atoms with Crippen molar-refractivity contribution in [3.8, 4) is 0 Å². The number of nitrogens with one attached hydrogen (secondary N) is 1. The molecule has 0 aromatic carbocycles. The Kier molecular flexibility index (Phi) is 3.93. The first-order valence-electron chi connectivity index (χ1n) is 8.03. The Balaban J connectivity index is 1.66. The van der Waals surface area contributed by atoms with Crippen molar-refractivity contribution in [1.29, 1.82) is 0 Å². The number of ether oxygens (including phenoxy) is 1. The van der Waals surface area contributed by atoms with Crippen molar-refractivity contribution in [3.05, 3.63) is 18.2 Å². The summed E-state index contributed by atoms with van der Waals surface area (Å²) in [5.74, 6) is 0.135. The Morgan fingerprint density at radius 2 is 2.23 bits per heavy atom. The molecule has 1 N–H and O–H groups in total. The zero-order valence-corrected chi connectivity index (χ0v) is 13.2. The second-order valence-electron chi connectivity index (χ2n) is 6.56. The van der Waals surface area contributed by atoms with E-state index in [4.69, 9.17) is 4.74 Å². The number of aromatic nitrogens is 2. The lowest BCUT2D eigenvalue weighted by atomic mass is 9.85. The van der Waals surface area contributed by atoms with E-state index in [1.807, 2.05) is 10.8 Å². The number of rotatable bonds is 4. The molecule has 1 aromatic rings. The third-order valence-corrected chi connectivity index (χ3v) is 4.82. The van der Waals surface area contributed by atoms with Gasteiger partial charge in [-0.1, -0.05) is 0 Å². The number of esters is 1. The number of amides is 1. The summed E-state index contributed by atoms with van der Waals surface area (Å²) in [7, 11) is 0. The van der Waals surface area contributed by atoms with E-state index in [0.29, 0.717) is 12.6 Å². The van der Waals surface area contributed by atoms with Crippen LogP contribution in [0.2, 0.25) is 0 Å². The fraction of sp³-hybridized carbons (Fsp3) is 0.688. The summed E-state index contributed by atoms with van der Waals surface area (Å²) in [5, 5.41) is 2.94. The van der Waals surface area contributed by atoms with Gasteiger partial charge in [-0.3, -0.25) is 9.59 Å². The van der Waals surface area contributed by atoms with Gasteiger partial charge >= 0.3 is 5.97 Å². The maximum atomic E-state index is 12.5. The zero-order valence-electron chi connectivity index (χ0n) is 13.2. The van der Waals surface area contributed by atoms with Crippen molar-refractivity contribution in [2.45, 2.75) is 64.1 Å². The molecule has 0 bridgehead atoms. The van der Waals surface area contributed by atoms with Gasteiger partial charge in [0.15, 0.2) is 0 Å². The van der Waals surface area contributed by atoms with Crippen molar-refractivity contribution in [2.24, 2.45) is 5.92 Å². The molecule has 1 spiro atoms. The summed E-state index contributed by atoms with van der Waals surface area (Å²) >= 11 is 0. The maximum Gasteiger partial charge on any atom is 0.307 e. The van der Waals surface area contributed by atoms with Gasteiger partial charge in [-0.2, -0.15) is 0 Å². The van der Waals surface area contributed by atoms with Crippen LogP contribution in [0, 0.1) is 5.92 Å². The first kappa shape index (κ1) is 15.1. The number of imidazole rings is 1. The van der Waals surface area contributed by atoms with E-state index in [1.165, 1.54) is 0 Å². The lowest BCUT2D eigenvalue weighted by Gasteiger charge is -2.27. The molecular formula is C16H23N3O3. The highest BCUT2D eigenvalue weighted by Gasteiger charge is 2.53. The molecule has 1 aromatic heterocycles. The van der Waals surface area contributed by atoms with E-state index in [9.17, 15) is 9.59 Å². The van der Waals surface area contributed by atoms with E-state index in [1.54, 1.807) is 6.20 Å². The third kappa shape index (κ3) is 2.62. The summed E-state index contributed by atoms with van der Waals surface area (Å²) in [6, 6.07) is 0.298. The number of nitrogens with zero attached hydrogens (tertiary/aromatic N) is 2. The molecule has 6 heteroatoms. The van der Waals surface area contributed by atoms with E-state index in [-0.39, 0.29) is 24.2 Å². The molecule has 2 aliphatic rings. The SMILES string of the molecule is CC(C)n1ccnc1CNC(=O)C1CC(=O)OC12CCCC2.